The molecule has 0 fully saturated rings. The first kappa shape index (κ1) is 19.5. The third-order valence-electron chi connectivity index (χ3n) is 4.48. The van der Waals surface area contributed by atoms with E-state index in [1.807, 2.05) is 39.0 Å². The quantitative estimate of drug-likeness (QED) is 0.635. The Bertz CT molecular complexity index is 961. The number of carbonyl (C=O) groups is 1. The third kappa shape index (κ3) is 4.52. The van der Waals surface area contributed by atoms with Crippen molar-refractivity contribution < 1.29 is 18.8 Å². The highest BCUT2D eigenvalue weighted by Gasteiger charge is 2.20. The van der Waals surface area contributed by atoms with E-state index in [2.05, 4.69) is 10.5 Å². The van der Waals surface area contributed by atoms with Crippen LogP contribution in [0, 0.1) is 20.8 Å². The molecule has 6 nitrogen and oxygen atoms in total. The summed E-state index contributed by atoms with van der Waals surface area (Å²) in [6, 6.07) is 13.0. The van der Waals surface area contributed by atoms with Crippen LogP contribution in [0.1, 0.15) is 39.9 Å². The number of benzene rings is 2. The summed E-state index contributed by atoms with van der Waals surface area (Å²) in [6.45, 7) is 8.55. The largest absolute Gasteiger partial charge is 0.494 e. The first-order valence-electron chi connectivity index (χ1n) is 9.17. The van der Waals surface area contributed by atoms with Crippen LogP contribution in [-0.2, 0) is 6.61 Å². The Kier molecular flexibility index (Phi) is 5.99. The van der Waals surface area contributed by atoms with Crippen molar-refractivity contribution in [1.82, 2.24) is 5.16 Å². The molecule has 146 valence electrons. The first-order chi connectivity index (χ1) is 13.5. The number of aromatic nitrogens is 1. The highest BCUT2D eigenvalue weighted by atomic mass is 16.5. The van der Waals surface area contributed by atoms with Crippen molar-refractivity contribution >= 4 is 11.6 Å². The fraction of sp³-hybridized carbons (Fsp3) is 0.273. The molecule has 0 atom stereocenters. The summed E-state index contributed by atoms with van der Waals surface area (Å²) in [5, 5.41) is 6.73. The molecule has 0 saturated heterocycles. The molecule has 0 bridgehead atoms. The molecule has 1 N–H and O–H groups in total. The van der Waals surface area contributed by atoms with Gasteiger partial charge in [-0.05, 0) is 75.2 Å². The van der Waals surface area contributed by atoms with E-state index < -0.39 is 0 Å². The minimum atomic E-state index is -0.348. The summed E-state index contributed by atoms with van der Waals surface area (Å²) in [4.78, 5) is 12.6. The molecule has 1 aromatic heterocycles. The maximum Gasteiger partial charge on any atom is 0.278 e. The van der Waals surface area contributed by atoms with Gasteiger partial charge in [-0.3, -0.25) is 4.79 Å². The molecule has 0 unspecified atom stereocenters. The number of hydrogen-bond donors (Lipinski definition) is 1. The van der Waals surface area contributed by atoms with Gasteiger partial charge in [0.05, 0.1) is 12.2 Å². The number of hydrogen-bond acceptors (Lipinski definition) is 5. The monoisotopic (exact) mass is 380 g/mol. The van der Waals surface area contributed by atoms with Gasteiger partial charge in [-0.1, -0.05) is 11.2 Å². The second-order valence-corrected chi connectivity index (χ2v) is 6.51. The number of aryl methyl sites for hydroxylation is 3. The molecule has 0 aliphatic carbocycles. The van der Waals surface area contributed by atoms with Crippen molar-refractivity contribution in [3.8, 4) is 11.5 Å². The number of nitrogens with zero attached hydrogens (tertiary/aromatic N) is 1. The average molecular weight is 380 g/mol. The van der Waals surface area contributed by atoms with E-state index in [9.17, 15) is 4.79 Å². The fourth-order valence-corrected chi connectivity index (χ4v) is 2.69. The normalized spacial score (nSPS) is 10.6. The van der Waals surface area contributed by atoms with Gasteiger partial charge in [0, 0.05) is 5.69 Å². The van der Waals surface area contributed by atoms with Gasteiger partial charge in [-0.15, -0.1) is 0 Å². The number of nitrogens with one attached hydrogen (secondary N) is 1. The lowest BCUT2D eigenvalue weighted by Gasteiger charge is -2.09. The second kappa shape index (κ2) is 8.61. The summed E-state index contributed by atoms with van der Waals surface area (Å²) in [5.41, 5.74) is 3.84. The Morgan fingerprint density at radius 1 is 1.00 bits per heavy atom. The van der Waals surface area contributed by atoms with Crippen LogP contribution in [-0.4, -0.2) is 17.7 Å². The molecule has 2 aromatic carbocycles. The van der Waals surface area contributed by atoms with E-state index in [0.717, 1.165) is 17.1 Å². The molecule has 1 heterocycles. The third-order valence-corrected chi connectivity index (χ3v) is 4.48. The molecule has 3 aromatic rings. The maximum absolute atomic E-state index is 12.6. The highest BCUT2D eigenvalue weighted by molar-refractivity contribution is 6.03. The Morgan fingerprint density at radius 3 is 2.39 bits per heavy atom. The zero-order chi connectivity index (χ0) is 20.1. The topological polar surface area (TPSA) is 73.6 Å². The van der Waals surface area contributed by atoms with Crippen LogP contribution in [0.15, 0.2) is 47.0 Å². The number of amides is 1. The van der Waals surface area contributed by atoms with E-state index in [4.69, 9.17) is 14.0 Å². The first-order valence-corrected chi connectivity index (χ1v) is 9.17. The van der Waals surface area contributed by atoms with E-state index in [1.54, 1.807) is 31.2 Å². The van der Waals surface area contributed by atoms with E-state index >= 15 is 0 Å². The van der Waals surface area contributed by atoms with Crippen molar-refractivity contribution in [2.45, 2.75) is 34.3 Å². The zero-order valence-corrected chi connectivity index (χ0v) is 16.5. The van der Waals surface area contributed by atoms with Crippen LogP contribution in [0.25, 0.3) is 0 Å². The van der Waals surface area contributed by atoms with Gasteiger partial charge in [0.1, 0.15) is 23.9 Å². The van der Waals surface area contributed by atoms with Gasteiger partial charge in [0.25, 0.3) is 5.91 Å². The van der Waals surface area contributed by atoms with Gasteiger partial charge in [0.15, 0.2) is 5.69 Å². The predicted octanol–water partition coefficient (Wildman–Crippen LogP) is 4.83. The van der Waals surface area contributed by atoms with Crippen LogP contribution in [0.2, 0.25) is 0 Å². The Morgan fingerprint density at radius 2 is 1.71 bits per heavy atom. The van der Waals surface area contributed by atoms with Crippen molar-refractivity contribution in [2.24, 2.45) is 0 Å². The lowest BCUT2D eigenvalue weighted by Crippen LogP contribution is -2.15. The SMILES string of the molecule is CCOc1ccc(NC(=O)c2noc(C)c2COc2ccc(C)c(C)c2)cc1. The summed E-state index contributed by atoms with van der Waals surface area (Å²) < 4.78 is 16.5. The van der Waals surface area contributed by atoms with Gasteiger partial charge in [-0.25, -0.2) is 0 Å². The van der Waals surface area contributed by atoms with Gasteiger partial charge in [-0.2, -0.15) is 0 Å². The molecule has 0 saturated carbocycles. The fourth-order valence-electron chi connectivity index (χ4n) is 2.69. The van der Waals surface area contributed by atoms with Crippen LogP contribution in [0.4, 0.5) is 5.69 Å². The number of rotatable bonds is 7. The maximum atomic E-state index is 12.6. The number of ether oxygens (including phenoxy) is 2. The number of anilines is 1. The van der Waals surface area contributed by atoms with Gasteiger partial charge < -0.3 is 19.3 Å². The Labute approximate surface area is 164 Å². The standard InChI is InChI=1S/C22H24N2O4/c1-5-26-18-10-7-17(8-11-18)23-22(25)21-20(16(4)28-24-21)13-27-19-9-6-14(2)15(3)12-19/h6-12H,5,13H2,1-4H3,(H,23,25). The molecule has 1 amide bonds. The van der Waals surface area contributed by atoms with Crippen LogP contribution in [0.3, 0.4) is 0 Å². The molecule has 0 aliphatic rings. The highest BCUT2D eigenvalue weighted by Crippen LogP contribution is 2.22. The average Bonchev–Trinajstić information content (AvgIpc) is 3.05. The molecule has 0 spiro atoms. The van der Waals surface area contributed by atoms with Crippen LogP contribution < -0.4 is 14.8 Å². The molecule has 3 rings (SSSR count). The minimum absolute atomic E-state index is 0.198. The molecule has 28 heavy (non-hydrogen) atoms. The smallest absolute Gasteiger partial charge is 0.278 e. The van der Waals surface area contributed by atoms with Crippen molar-refractivity contribution in [3.63, 3.8) is 0 Å². The molecular formula is C22H24N2O4. The Hall–Kier alpha value is -3.28. The van der Waals surface area contributed by atoms with Gasteiger partial charge in [0.2, 0.25) is 0 Å². The lowest BCUT2D eigenvalue weighted by atomic mass is 10.1. The van der Waals surface area contributed by atoms with E-state index in [1.165, 1.54) is 5.56 Å². The van der Waals surface area contributed by atoms with Crippen LogP contribution >= 0.6 is 0 Å². The van der Waals surface area contributed by atoms with Crippen LogP contribution in [0.5, 0.6) is 11.5 Å². The van der Waals surface area contributed by atoms with E-state index in [-0.39, 0.29) is 18.2 Å². The summed E-state index contributed by atoms with van der Waals surface area (Å²) in [6.07, 6.45) is 0. The zero-order valence-electron chi connectivity index (χ0n) is 16.5. The van der Waals surface area contributed by atoms with Crippen molar-refractivity contribution in [2.75, 3.05) is 11.9 Å². The molecule has 6 heteroatoms. The van der Waals surface area contributed by atoms with E-state index in [0.29, 0.717) is 23.6 Å². The van der Waals surface area contributed by atoms with Crippen molar-refractivity contribution in [3.05, 3.63) is 70.6 Å². The summed E-state index contributed by atoms with van der Waals surface area (Å²) in [7, 11) is 0. The summed E-state index contributed by atoms with van der Waals surface area (Å²) >= 11 is 0. The predicted molar refractivity (Wildman–Crippen MR) is 107 cm³/mol. The molecule has 0 aliphatic heterocycles. The minimum Gasteiger partial charge on any atom is -0.494 e. The molecular weight excluding hydrogens is 356 g/mol. The Balaban J connectivity index is 1.70. The van der Waals surface area contributed by atoms with Crippen molar-refractivity contribution in [1.29, 1.82) is 0 Å². The number of carbonyl (C=O) groups excluding carboxylic acids is 1. The second-order valence-electron chi connectivity index (χ2n) is 6.51. The molecule has 0 radical (unpaired) electrons. The summed E-state index contributed by atoms with van der Waals surface area (Å²) in [5.74, 6) is 1.70. The van der Waals surface area contributed by atoms with Gasteiger partial charge >= 0.3 is 0 Å². The lowest BCUT2D eigenvalue weighted by molar-refractivity contribution is 0.101.